The summed E-state index contributed by atoms with van der Waals surface area (Å²) < 4.78 is 0.825. The molecule has 1 N–H and O–H groups in total. The molecule has 20 heavy (non-hydrogen) atoms. The Morgan fingerprint density at radius 1 is 1.25 bits per heavy atom. The predicted molar refractivity (Wildman–Crippen MR) is 84.9 cm³/mol. The third-order valence-corrected chi connectivity index (χ3v) is 3.74. The summed E-state index contributed by atoms with van der Waals surface area (Å²) in [5, 5.41) is 13.5. The number of anilines is 1. The van der Waals surface area contributed by atoms with Gasteiger partial charge in [0.05, 0.1) is 16.2 Å². The topological polar surface area (TPSA) is 72.2 Å². The van der Waals surface area contributed by atoms with Crippen molar-refractivity contribution in [2.75, 3.05) is 5.32 Å². The second kappa shape index (κ2) is 6.00. The number of carbonyl (C=O) groups is 1. The molecule has 0 atom stereocenters. The third-order valence-electron chi connectivity index (χ3n) is 2.80. The first-order valence-electron chi connectivity index (χ1n) is 5.80. The Kier molecular flexibility index (Phi) is 4.33. The number of nitro benzene ring substituents is 1. The van der Waals surface area contributed by atoms with E-state index in [9.17, 15) is 14.9 Å². The van der Waals surface area contributed by atoms with E-state index in [4.69, 9.17) is 0 Å². The van der Waals surface area contributed by atoms with Crippen LogP contribution in [0.4, 0.5) is 11.4 Å². The van der Waals surface area contributed by atoms with Gasteiger partial charge in [-0.25, -0.2) is 0 Å². The number of halogens is 1. The molecule has 0 aliphatic rings. The zero-order chi connectivity index (χ0) is 14.7. The standard InChI is InChI=1S/C14H11IN2O3/c1-9-6-7-10(17(19)20)8-13(9)16-14(18)11-4-2-3-5-12(11)15/h2-8H,1H3,(H,16,18). The van der Waals surface area contributed by atoms with Crippen molar-refractivity contribution in [3.63, 3.8) is 0 Å². The molecule has 0 unspecified atom stereocenters. The predicted octanol–water partition coefficient (Wildman–Crippen LogP) is 3.76. The van der Waals surface area contributed by atoms with E-state index in [1.54, 1.807) is 25.1 Å². The molecule has 1 amide bonds. The average molecular weight is 382 g/mol. The molecule has 2 rings (SSSR count). The molecule has 2 aromatic rings. The van der Waals surface area contributed by atoms with Crippen LogP contribution in [0.25, 0.3) is 0 Å². The number of nitrogens with zero attached hydrogens (tertiary/aromatic N) is 1. The van der Waals surface area contributed by atoms with Crippen LogP contribution in [0.1, 0.15) is 15.9 Å². The quantitative estimate of drug-likeness (QED) is 0.499. The summed E-state index contributed by atoms with van der Waals surface area (Å²) >= 11 is 2.08. The Morgan fingerprint density at radius 3 is 2.60 bits per heavy atom. The molecule has 0 heterocycles. The fourth-order valence-corrected chi connectivity index (χ4v) is 2.33. The fraction of sp³-hybridized carbons (Fsp3) is 0.0714. The summed E-state index contributed by atoms with van der Waals surface area (Å²) in [5.41, 5.74) is 1.71. The second-order valence-electron chi connectivity index (χ2n) is 4.19. The molecule has 2 aromatic carbocycles. The number of carbonyl (C=O) groups excluding carboxylic acids is 1. The highest BCUT2D eigenvalue weighted by Crippen LogP contribution is 2.23. The summed E-state index contributed by atoms with van der Waals surface area (Å²) in [6.07, 6.45) is 0. The Morgan fingerprint density at radius 2 is 1.95 bits per heavy atom. The zero-order valence-electron chi connectivity index (χ0n) is 10.6. The summed E-state index contributed by atoms with van der Waals surface area (Å²) in [6, 6.07) is 11.6. The van der Waals surface area contributed by atoms with Crippen LogP contribution in [0.2, 0.25) is 0 Å². The summed E-state index contributed by atoms with van der Waals surface area (Å²) in [7, 11) is 0. The van der Waals surface area contributed by atoms with Gasteiger partial charge in [0, 0.05) is 15.7 Å². The number of non-ortho nitro benzene ring substituents is 1. The Hall–Kier alpha value is -1.96. The van der Waals surface area contributed by atoms with Gasteiger partial charge >= 0.3 is 0 Å². The van der Waals surface area contributed by atoms with E-state index in [1.807, 2.05) is 12.1 Å². The van der Waals surface area contributed by atoms with Crippen molar-refractivity contribution in [3.05, 3.63) is 67.3 Å². The van der Waals surface area contributed by atoms with Crippen LogP contribution in [0, 0.1) is 20.6 Å². The normalized spacial score (nSPS) is 10.1. The molecule has 0 fully saturated rings. The van der Waals surface area contributed by atoms with E-state index in [1.165, 1.54) is 12.1 Å². The van der Waals surface area contributed by atoms with Crippen molar-refractivity contribution in [1.82, 2.24) is 0 Å². The van der Waals surface area contributed by atoms with Crippen LogP contribution >= 0.6 is 22.6 Å². The number of amides is 1. The van der Waals surface area contributed by atoms with Crippen LogP contribution < -0.4 is 5.32 Å². The molecular formula is C14H11IN2O3. The second-order valence-corrected chi connectivity index (χ2v) is 5.35. The maximum Gasteiger partial charge on any atom is 0.271 e. The Balaban J connectivity index is 2.30. The smallest absolute Gasteiger partial charge is 0.271 e. The number of hydrogen-bond acceptors (Lipinski definition) is 3. The number of rotatable bonds is 3. The monoisotopic (exact) mass is 382 g/mol. The van der Waals surface area contributed by atoms with Crippen molar-refractivity contribution in [2.45, 2.75) is 6.92 Å². The van der Waals surface area contributed by atoms with Gasteiger partial charge in [0.1, 0.15) is 0 Å². The molecule has 102 valence electrons. The molecule has 0 bridgehead atoms. The minimum Gasteiger partial charge on any atom is -0.321 e. The number of hydrogen-bond donors (Lipinski definition) is 1. The van der Waals surface area contributed by atoms with E-state index in [2.05, 4.69) is 27.9 Å². The van der Waals surface area contributed by atoms with E-state index >= 15 is 0 Å². The first-order chi connectivity index (χ1) is 9.49. The lowest BCUT2D eigenvalue weighted by Crippen LogP contribution is -2.14. The van der Waals surface area contributed by atoms with Crippen LogP contribution in [-0.4, -0.2) is 10.8 Å². The van der Waals surface area contributed by atoms with Crippen molar-refractivity contribution in [1.29, 1.82) is 0 Å². The molecule has 0 spiro atoms. The summed E-state index contributed by atoms with van der Waals surface area (Å²) in [5.74, 6) is -0.279. The molecule has 0 radical (unpaired) electrons. The molecule has 6 heteroatoms. The molecule has 5 nitrogen and oxygen atoms in total. The summed E-state index contributed by atoms with van der Waals surface area (Å²) in [6.45, 7) is 1.79. The van der Waals surface area contributed by atoms with Crippen LogP contribution in [0.15, 0.2) is 42.5 Å². The molecule has 0 aliphatic carbocycles. The maximum absolute atomic E-state index is 12.2. The van der Waals surface area contributed by atoms with Gasteiger partial charge in [-0.2, -0.15) is 0 Å². The van der Waals surface area contributed by atoms with Crippen molar-refractivity contribution in [2.24, 2.45) is 0 Å². The lowest BCUT2D eigenvalue weighted by molar-refractivity contribution is -0.384. The van der Waals surface area contributed by atoms with Gasteiger partial charge in [-0.15, -0.1) is 0 Å². The van der Waals surface area contributed by atoms with Crippen molar-refractivity contribution in [3.8, 4) is 0 Å². The number of benzene rings is 2. The van der Waals surface area contributed by atoms with Gasteiger partial charge in [-0.3, -0.25) is 14.9 Å². The lowest BCUT2D eigenvalue weighted by Gasteiger charge is -2.09. The van der Waals surface area contributed by atoms with Gasteiger partial charge < -0.3 is 5.32 Å². The van der Waals surface area contributed by atoms with Gasteiger partial charge in [-0.1, -0.05) is 18.2 Å². The van der Waals surface area contributed by atoms with Crippen LogP contribution in [0.3, 0.4) is 0 Å². The Bertz CT molecular complexity index is 686. The number of nitrogens with one attached hydrogen (secondary N) is 1. The fourth-order valence-electron chi connectivity index (χ4n) is 1.69. The molecule has 0 aliphatic heterocycles. The van der Waals surface area contributed by atoms with Crippen molar-refractivity contribution < 1.29 is 9.72 Å². The van der Waals surface area contributed by atoms with Crippen LogP contribution in [0.5, 0.6) is 0 Å². The first-order valence-corrected chi connectivity index (χ1v) is 6.88. The molecular weight excluding hydrogens is 371 g/mol. The first kappa shape index (κ1) is 14.4. The SMILES string of the molecule is Cc1ccc([N+](=O)[O-])cc1NC(=O)c1ccccc1I. The van der Waals surface area contributed by atoms with Gasteiger partial charge in [0.15, 0.2) is 0 Å². The maximum atomic E-state index is 12.2. The summed E-state index contributed by atoms with van der Waals surface area (Å²) in [4.78, 5) is 22.5. The highest BCUT2D eigenvalue weighted by molar-refractivity contribution is 14.1. The molecule has 0 saturated carbocycles. The van der Waals surface area contributed by atoms with E-state index < -0.39 is 4.92 Å². The van der Waals surface area contributed by atoms with Crippen molar-refractivity contribution >= 4 is 39.9 Å². The van der Waals surface area contributed by atoms with Gasteiger partial charge in [0.25, 0.3) is 11.6 Å². The lowest BCUT2D eigenvalue weighted by atomic mass is 10.1. The van der Waals surface area contributed by atoms with Gasteiger partial charge in [-0.05, 0) is 47.2 Å². The van der Waals surface area contributed by atoms with Crippen LogP contribution in [-0.2, 0) is 0 Å². The average Bonchev–Trinajstić information content (AvgIpc) is 2.41. The van der Waals surface area contributed by atoms with E-state index in [0.717, 1.165) is 9.13 Å². The highest BCUT2D eigenvalue weighted by Gasteiger charge is 2.13. The largest absolute Gasteiger partial charge is 0.321 e. The Labute approximate surface area is 129 Å². The van der Waals surface area contributed by atoms with E-state index in [-0.39, 0.29) is 11.6 Å². The number of aryl methyl sites for hydroxylation is 1. The number of nitro groups is 1. The zero-order valence-corrected chi connectivity index (χ0v) is 12.7. The highest BCUT2D eigenvalue weighted by atomic mass is 127. The van der Waals surface area contributed by atoms with E-state index in [0.29, 0.717) is 11.3 Å². The third kappa shape index (κ3) is 3.13. The minimum atomic E-state index is -0.485. The molecule has 0 aromatic heterocycles. The minimum absolute atomic E-state index is 0.0475. The molecule has 0 saturated heterocycles. The van der Waals surface area contributed by atoms with Gasteiger partial charge in [0.2, 0.25) is 0 Å².